The fourth-order valence-electron chi connectivity index (χ4n) is 3.42. The summed E-state index contributed by atoms with van der Waals surface area (Å²) in [5.74, 6) is -0.0429. The number of aryl methyl sites for hydroxylation is 3. The molecule has 1 aliphatic rings. The molecule has 0 radical (unpaired) electrons. The number of rotatable bonds is 6. The highest BCUT2D eigenvalue weighted by Gasteiger charge is 2.25. The van der Waals surface area contributed by atoms with Crippen molar-refractivity contribution in [1.82, 2.24) is 4.31 Å². The Balaban J connectivity index is 1.58. The van der Waals surface area contributed by atoms with Crippen LogP contribution >= 0.6 is 0 Å². The molecule has 0 unspecified atom stereocenters. The van der Waals surface area contributed by atoms with Crippen LogP contribution < -0.4 is 5.32 Å². The highest BCUT2D eigenvalue weighted by atomic mass is 32.2. The first-order valence-electron chi connectivity index (χ1n) is 9.82. The Morgan fingerprint density at radius 2 is 1.68 bits per heavy atom. The number of sulfonamides is 1. The van der Waals surface area contributed by atoms with Crippen molar-refractivity contribution in [1.29, 1.82) is 0 Å². The third-order valence-electron chi connectivity index (χ3n) is 5.18. The maximum Gasteiger partial charge on any atom is 0.243 e. The van der Waals surface area contributed by atoms with Crippen LogP contribution in [0.15, 0.2) is 47.4 Å². The summed E-state index contributed by atoms with van der Waals surface area (Å²) >= 11 is 0. The Hall–Kier alpha value is -2.18. The summed E-state index contributed by atoms with van der Waals surface area (Å²) < 4.78 is 27.0. The summed E-state index contributed by atoms with van der Waals surface area (Å²) in [6.45, 7) is 5.16. The van der Waals surface area contributed by atoms with Crippen molar-refractivity contribution in [3.63, 3.8) is 0 Å². The highest BCUT2D eigenvalue weighted by molar-refractivity contribution is 7.89. The first-order chi connectivity index (χ1) is 13.4. The molecule has 0 aromatic heterocycles. The molecule has 0 aliphatic carbocycles. The zero-order valence-electron chi connectivity index (χ0n) is 16.6. The van der Waals surface area contributed by atoms with E-state index < -0.39 is 10.0 Å². The number of anilines is 1. The van der Waals surface area contributed by atoms with Crippen LogP contribution in [0.4, 0.5) is 5.69 Å². The van der Waals surface area contributed by atoms with Crippen LogP contribution in [-0.2, 0) is 21.2 Å². The van der Waals surface area contributed by atoms with E-state index in [1.54, 1.807) is 16.4 Å². The minimum atomic E-state index is -3.41. The molecule has 1 heterocycles. The van der Waals surface area contributed by atoms with E-state index in [0.717, 1.165) is 41.6 Å². The second-order valence-corrected chi connectivity index (χ2v) is 9.41. The normalized spacial score (nSPS) is 15.4. The zero-order valence-corrected chi connectivity index (χ0v) is 17.4. The molecule has 28 heavy (non-hydrogen) atoms. The molecule has 3 rings (SSSR count). The van der Waals surface area contributed by atoms with Gasteiger partial charge in [0.15, 0.2) is 0 Å². The number of nitrogens with one attached hydrogen (secondary N) is 1. The predicted octanol–water partition coefficient (Wildman–Crippen LogP) is 4.05. The van der Waals surface area contributed by atoms with Gasteiger partial charge >= 0.3 is 0 Å². The number of benzene rings is 2. The molecule has 5 nitrogen and oxygen atoms in total. The summed E-state index contributed by atoms with van der Waals surface area (Å²) in [5.41, 5.74) is 3.93. The Morgan fingerprint density at radius 3 is 2.36 bits per heavy atom. The van der Waals surface area contributed by atoms with Crippen LogP contribution in [0.1, 0.15) is 42.4 Å². The van der Waals surface area contributed by atoms with Crippen molar-refractivity contribution in [2.45, 2.75) is 50.8 Å². The van der Waals surface area contributed by atoms with Gasteiger partial charge in [-0.15, -0.1) is 0 Å². The number of hydrogen-bond donors (Lipinski definition) is 1. The molecule has 2 aromatic carbocycles. The van der Waals surface area contributed by atoms with E-state index in [2.05, 4.69) is 5.32 Å². The molecule has 0 atom stereocenters. The average Bonchev–Trinajstić information content (AvgIpc) is 2.70. The summed E-state index contributed by atoms with van der Waals surface area (Å²) in [6, 6.07) is 12.9. The fourth-order valence-corrected chi connectivity index (χ4v) is 4.94. The van der Waals surface area contributed by atoms with E-state index in [-0.39, 0.29) is 5.91 Å². The highest BCUT2D eigenvalue weighted by Crippen LogP contribution is 2.21. The second-order valence-electron chi connectivity index (χ2n) is 7.48. The molecule has 1 fully saturated rings. The van der Waals surface area contributed by atoms with E-state index >= 15 is 0 Å². The molecule has 1 amide bonds. The number of amides is 1. The first kappa shape index (κ1) is 20.6. The lowest BCUT2D eigenvalue weighted by molar-refractivity contribution is -0.116. The number of carbonyl (C=O) groups excluding carboxylic acids is 1. The minimum absolute atomic E-state index is 0.0429. The molecule has 0 bridgehead atoms. The maximum absolute atomic E-state index is 12.7. The van der Waals surface area contributed by atoms with Gasteiger partial charge in [0, 0.05) is 25.2 Å². The van der Waals surface area contributed by atoms with Crippen LogP contribution in [0.25, 0.3) is 0 Å². The maximum atomic E-state index is 12.7. The SMILES string of the molecule is Cc1ccc(C)c(NC(=O)CCc2ccc(S(=O)(=O)N3CCCCC3)cc2)c1. The fraction of sp³-hybridized carbons (Fsp3) is 0.409. The lowest BCUT2D eigenvalue weighted by atomic mass is 10.1. The Labute approximate surface area is 167 Å². The van der Waals surface area contributed by atoms with Gasteiger partial charge in [0.2, 0.25) is 15.9 Å². The van der Waals surface area contributed by atoms with E-state index in [1.165, 1.54) is 0 Å². The van der Waals surface area contributed by atoms with Crippen molar-refractivity contribution >= 4 is 21.6 Å². The van der Waals surface area contributed by atoms with Gasteiger partial charge in [0.25, 0.3) is 0 Å². The molecule has 0 saturated carbocycles. The quantitative estimate of drug-likeness (QED) is 0.795. The molecular formula is C22H28N2O3S. The largest absolute Gasteiger partial charge is 0.326 e. The van der Waals surface area contributed by atoms with Gasteiger partial charge in [-0.25, -0.2) is 8.42 Å². The number of piperidine rings is 1. The predicted molar refractivity (Wildman–Crippen MR) is 112 cm³/mol. The summed E-state index contributed by atoms with van der Waals surface area (Å²) in [7, 11) is -3.41. The first-order valence-corrected chi connectivity index (χ1v) is 11.3. The van der Waals surface area contributed by atoms with Gasteiger partial charge in [-0.05, 0) is 68.0 Å². The van der Waals surface area contributed by atoms with Crippen LogP contribution in [0.2, 0.25) is 0 Å². The van der Waals surface area contributed by atoms with Gasteiger partial charge in [-0.3, -0.25) is 4.79 Å². The van der Waals surface area contributed by atoms with Crippen LogP contribution in [0.3, 0.4) is 0 Å². The lowest BCUT2D eigenvalue weighted by Gasteiger charge is -2.25. The van der Waals surface area contributed by atoms with Gasteiger partial charge in [-0.2, -0.15) is 4.31 Å². The second kappa shape index (κ2) is 8.88. The Morgan fingerprint density at radius 1 is 1.00 bits per heavy atom. The number of nitrogens with zero attached hydrogens (tertiary/aromatic N) is 1. The molecule has 6 heteroatoms. The summed E-state index contributed by atoms with van der Waals surface area (Å²) in [6.07, 6.45) is 3.86. The monoisotopic (exact) mass is 400 g/mol. The molecule has 1 saturated heterocycles. The lowest BCUT2D eigenvalue weighted by Crippen LogP contribution is -2.35. The van der Waals surface area contributed by atoms with E-state index in [9.17, 15) is 13.2 Å². The number of hydrogen-bond acceptors (Lipinski definition) is 3. The average molecular weight is 401 g/mol. The van der Waals surface area contributed by atoms with Crippen molar-refractivity contribution in [2.75, 3.05) is 18.4 Å². The van der Waals surface area contributed by atoms with Crippen LogP contribution in [-0.4, -0.2) is 31.7 Å². The van der Waals surface area contributed by atoms with Crippen molar-refractivity contribution in [3.05, 3.63) is 59.2 Å². The standard InChI is InChI=1S/C22H28N2O3S/c1-17-6-7-18(2)21(16-17)23-22(25)13-10-19-8-11-20(12-9-19)28(26,27)24-14-4-3-5-15-24/h6-9,11-12,16H,3-5,10,13-15H2,1-2H3,(H,23,25). The molecule has 0 spiro atoms. The van der Waals surface area contributed by atoms with E-state index in [1.807, 2.05) is 44.2 Å². The smallest absolute Gasteiger partial charge is 0.243 e. The Bertz CT molecular complexity index is 931. The van der Waals surface area contributed by atoms with Gasteiger partial charge in [0.1, 0.15) is 0 Å². The van der Waals surface area contributed by atoms with E-state index in [4.69, 9.17) is 0 Å². The van der Waals surface area contributed by atoms with E-state index in [0.29, 0.717) is 30.8 Å². The van der Waals surface area contributed by atoms with Gasteiger partial charge in [-0.1, -0.05) is 30.7 Å². The topological polar surface area (TPSA) is 66.5 Å². The van der Waals surface area contributed by atoms with Crippen LogP contribution in [0.5, 0.6) is 0 Å². The van der Waals surface area contributed by atoms with Crippen molar-refractivity contribution in [3.8, 4) is 0 Å². The molecular weight excluding hydrogens is 372 g/mol. The molecule has 1 N–H and O–H groups in total. The van der Waals surface area contributed by atoms with Gasteiger partial charge < -0.3 is 5.32 Å². The molecule has 150 valence electrons. The Kier molecular flexibility index (Phi) is 6.52. The number of carbonyl (C=O) groups is 1. The minimum Gasteiger partial charge on any atom is -0.326 e. The molecule has 1 aliphatic heterocycles. The summed E-state index contributed by atoms with van der Waals surface area (Å²) in [5, 5.41) is 2.96. The third kappa shape index (κ3) is 5.00. The zero-order chi connectivity index (χ0) is 20.1. The van der Waals surface area contributed by atoms with Crippen molar-refractivity contribution < 1.29 is 13.2 Å². The third-order valence-corrected chi connectivity index (χ3v) is 7.10. The van der Waals surface area contributed by atoms with Crippen LogP contribution in [0, 0.1) is 13.8 Å². The van der Waals surface area contributed by atoms with Gasteiger partial charge in [0.05, 0.1) is 4.90 Å². The summed E-state index contributed by atoms with van der Waals surface area (Å²) in [4.78, 5) is 12.6. The molecule has 2 aromatic rings. The van der Waals surface area contributed by atoms with Crippen molar-refractivity contribution in [2.24, 2.45) is 0 Å².